The second-order valence-electron chi connectivity index (χ2n) is 5.59. The van der Waals surface area contributed by atoms with E-state index >= 15 is 0 Å². The number of aryl methyl sites for hydroxylation is 1. The average molecular weight is 246 g/mol. The minimum absolute atomic E-state index is 0.701. The molecule has 2 aliphatic heterocycles. The summed E-state index contributed by atoms with van der Waals surface area (Å²) in [5.74, 6) is 2.46. The van der Waals surface area contributed by atoms with Gasteiger partial charge in [0.05, 0.1) is 12.8 Å². The van der Waals surface area contributed by atoms with Gasteiger partial charge in [-0.2, -0.15) is 0 Å². The molecular formula is C15H22N2O. The SMILES string of the molecule is COc1ccc(C)c2c1N(C)CC1CNCCC21. The third-order valence-electron chi connectivity index (χ3n) is 4.49. The van der Waals surface area contributed by atoms with E-state index in [-0.39, 0.29) is 0 Å². The largest absolute Gasteiger partial charge is 0.495 e. The van der Waals surface area contributed by atoms with Crippen LogP contribution in [0, 0.1) is 12.8 Å². The van der Waals surface area contributed by atoms with Crippen LogP contribution in [0.25, 0.3) is 0 Å². The Morgan fingerprint density at radius 2 is 2.22 bits per heavy atom. The molecule has 3 heteroatoms. The summed E-state index contributed by atoms with van der Waals surface area (Å²) in [6.07, 6.45) is 1.25. The topological polar surface area (TPSA) is 24.5 Å². The van der Waals surface area contributed by atoms with Gasteiger partial charge in [-0.05, 0) is 48.9 Å². The Labute approximate surface area is 109 Å². The highest BCUT2D eigenvalue weighted by Gasteiger charge is 2.36. The number of benzene rings is 1. The summed E-state index contributed by atoms with van der Waals surface area (Å²) in [6, 6.07) is 4.31. The van der Waals surface area contributed by atoms with Crippen LogP contribution in [0.1, 0.15) is 23.5 Å². The Kier molecular flexibility index (Phi) is 2.94. The number of hydrogen-bond acceptors (Lipinski definition) is 3. The molecular weight excluding hydrogens is 224 g/mol. The fourth-order valence-corrected chi connectivity index (χ4v) is 3.65. The van der Waals surface area contributed by atoms with Crippen LogP contribution in [0.4, 0.5) is 5.69 Å². The number of nitrogens with zero attached hydrogens (tertiary/aromatic N) is 1. The van der Waals surface area contributed by atoms with Gasteiger partial charge in [0.2, 0.25) is 0 Å². The van der Waals surface area contributed by atoms with Crippen molar-refractivity contribution in [1.29, 1.82) is 0 Å². The maximum absolute atomic E-state index is 5.56. The van der Waals surface area contributed by atoms with Gasteiger partial charge in [0.25, 0.3) is 0 Å². The maximum Gasteiger partial charge on any atom is 0.142 e. The Morgan fingerprint density at radius 1 is 1.39 bits per heavy atom. The summed E-state index contributed by atoms with van der Waals surface area (Å²) in [5.41, 5.74) is 4.25. The molecule has 0 radical (unpaired) electrons. The first-order chi connectivity index (χ1) is 8.72. The number of piperidine rings is 1. The first-order valence-corrected chi connectivity index (χ1v) is 6.81. The van der Waals surface area contributed by atoms with Gasteiger partial charge in [0.15, 0.2) is 0 Å². The van der Waals surface area contributed by atoms with Crippen molar-refractivity contribution in [2.45, 2.75) is 19.3 Å². The van der Waals surface area contributed by atoms with Gasteiger partial charge in [-0.1, -0.05) is 6.07 Å². The number of ether oxygens (including phenoxy) is 1. The number of hydrogen-bond donors (Lipinski definition) is 1. The molecule has 2 atom stereocenters. The van der Waals surface area contributed by atoms with E-state index in [1.54, 1.807) is 7.11 Å². The van der Waals surface area contributed by atoms with Crippen LogP contribution in [0.3, 0.4) is 0 Å². The van der Waals surface area contributed by atoms with Crippen LogP contribution in [0.15, 0.2) is 12.1 Å². The van der Waals surface area contributed by atoms with E-state index in [2.05, 4.69) is 36.3 Å². The van der Waals surface area contributed by atoms with E-state index in [4.69, 9.17) is 4.74 Å². The van der Waals surface area contributed by atoms with E-state index in [1.165, 1.54) is 23.2 Å². The molecule has 18 heavy (non-hydrogen) atoms. The minimum Gasteiger partial charge on any atom is -0.495 e. The molecule has 1 aromatic rings. The van der Waals surface area contributed by atoms with E-state index < -0.39 is 0 Å². The van der Waals surface area contributed by atoms with Crippen LogP contribution < -0.4 is 15.0 Å². The molecule has 0 saturated carbocycles. The predicted octanol–water partition coefficient (Wildman–Crippen LogP) is 2.15. The quantitative estimate of drug-likeness (QED) is 0.821. The first kappa shape index (κ1) is 11.8. The molecule has 1 fully saturated rings. The van der Waals surface area contributed by atoms with Crippen molar-refractivity contribution in [1.82, 2.24) is 5.32 Å². The molecule has 0 spiro atoms. The standard InChI is InChI=1S/C15H22N2O/c1-10-4-5-13(18-3)15-14(10)12-6-7-16-8-11(12)9-17(15)2/h4-5,11-12,16H,6-9H2,1-3H3. The molecule has 3 rings (SSSR count). The van der Waals surface area contributed by atoms with Crippen molar-refractivity contribution in [2.24, 2.45) is 5.92 Å². The highest BCUT2D eigenvalue weighted by atomic mass is 16.5. The van der Waals surface area contributed by atoms with Gasteiger partial charge in [-0.3, -0.25) is 0 Å². The summed E-state index contributed by atoms with van der Waals surface area (Å²) in [5, 5.41) is 3.53. The molecule has 0 amide bonds. The fraction of sp³-hybridized carbons (Fsp3) is 0.600. The van der Waals surface area contributed by atoms with Crippen molar-refractivity contribution in [2.75, 3.05) is 38.7 Å². The van der Waals surface area contributed by atoms with Crippen LogP contribution >= 0.6 is 0 Å². The van der Waals surface area contributed by atoms with Gasteiger partial charge in [0, 0.05) is 20.1 Å². The third kappa shape index (κ3) is 1.69. The van der Waals surface area contributed by atoms with E-state index in [0.717, 1.165) is 31.3 Å². The molecule has 2 unspecified atom stereocenters. The number of fused-ring (bicyclic) bond motifs is 3. The molecule has 0 bridgehead atoms. The van der Waals surface area contributed by atoms with Crippen molar-refractivity contribution in [3.63, 3.8) is 0 Å². The molecule has 1 saturated heterocycles. The molecule has 0 aliphatic carbocycles. The summed E-state index contributed by atoms with van der Waals surface area (Å²) in [4.78, 5) is 2.37. The number of anilines is 1. The second-order valence-corrected chi connectivity index (χ2v) is 5.59. The Morgan fingerprint density at radius 3 is 3.00 bits per heavy atom. The van der Waals surface area contributed by atoms with Gasteiger partial charge >= 0.3 is 0 Å². The number of methoxy groups -OCH3 is 1. The Bertz CT molecular complexity index is 458. The summed E-state index contributed by atoms with van der Waals surface area (Å²) in [7, 11) is 3.96. The van der Waals surface area contributed by atoms with Crippen molar-refractivity contribution >= 4 is 5.69 Å². The predicted molar refractivity (Wildman–Crippen MR) is 74.7 cm³/mol. The lowest BCUT2D eigenvalue weighted by Crippen LogP contribution is -2.45. The lowest BCUT2D eigenvalue weighted by molar-refractivity contribution is 0.314. The van der Waals surface area contributed by atoms with E-state index in [9.17, 15) is 0 Å². The van der Waals surface area contributed by atoms with E-state index in [1.807, 2.05) is 0 Å². The molecule has 3 nitrogen and oxygen atoms in total. The van der Waals surface area contributed by atoms with Gasteiger partial charge in [-0.15, -0.1) is 0 Å². The molecule has 2 heterocycles. The Balaban J connectivity index is 2.14. The molecule has 2 aliphatic rings. The van der Waals surface area contributed by atoms with Crippen LogP contribution in [0.5, 0.6) is 5.75 Å². The molecule has 98 valence electrons. The fourth-order valence-electron chi connectivity index (χ4n) is 3.65. The Hall–Kier alpha value is -1.22. The van der Waals surface area contributed by atoms with Gasteiger partial charge in [-0.25, -0.2) is 0 Å². The van der Waals surface area contributed by atoms with Crippen LogP contribution in [-0.4, -0.2) is 33.8 Å². The highest BCUT2D eigenvalue weighted by Crippen LogP contribution is 2.46. The summed E-state index contributed by atoms with van der Waals surface area (Å²) < 4.78 is 5.56. The van der Waals surface area contributed by atoms with Crippen LogP contribution in [-0.2, 0) is 0 Å². The van der Waals surface area contributed by atoms with E-state index in [0.29, 0.717) is 5.92 Å². The zero-order chi connectivity index (χ0) is 12.7. The van der Waals surface area contributed by atoms with Crippen molar-refractivity contribution in [3.8, 4) is 5.75 Å². The first-order valence-electron chi connectivity index (χ1n) is 6.81. The lowest BCUT2D eigenvalue weighted by atomic mass is 9.75. The minimum atomic E-state index is 0.701. The monoisotopic (exact) mass is 246 g/mol. The zero-order valence-electron chi connectivity index (χ0n) is 11.5. The number of nitrogens with one attached hydrogen (secondary N) is 1. The van der Waals surface area contributed by atoms with Gasteiger partial charge < -0.3 is 15.0 Å². The summed E-state index contributed by atoms with van der Waals surface area (Å²) >= 11 is 0. The second kappa shape index (κ2) is 4.47. The highest BCUT2D eigenvalue weighted by molar-refractivity contribution is 5.68. The summed E-state index contributed by atoms with van der Waals surface area (Å²) in [6.45, 7) is 5.65. The maximum atomic E-state index is 5.56. The number of rotatable bonds is 1. The van der Waals surface area contributed by atoms with Crippen molar-refractivity contribution < 1.29 is 4.74 Å². The smallest absolute Gasteiger partial charge is 0.142 e. The average Bonchev–Trinajstić information content (AvgIpc) is 2.39. The zero-order valence-corrected chi connectivity index (χ0v) is 11.5. The molecule has 1 N–H and O–H groups in total. The molecule has 0 aromatic heterocycles. The lowest BCUT2D eigenvalue weighted by Gasteiger charge is -2.43. The third-order valence-corrected chi connectivity index (χ3v) is 4.49. The molecule has 1 aromatic carbocycles. The normalized spacial score (nSPS) is 26.5. The van der Waals surface area contributed by atoms with Crippen molar-refractivity contribution in [3.05, 3.63) is 23.3 Å². The van der Waals surface area contributed by atoms with Gasteiger partial charge in [0.1, 0.15) is 5.75 Å². The van der Waals surface area contributed by atoms with Crippen LogP contribution in [0.2, 0.25) is 0 Å².